The summed E-state index contributed by atoms with van der Waals surface area (Å²) in [6, 6.07) is 9.44. The largest absolute Gasteiger partial charge is 0.475 e. The molecule has 29 heavy (non-hydrogen) atoms. The van der Waals surface area contributed by atoms with Crippen LogP contribution in [0.25, 0.3) is 0 Å². The fourth-order valence-corrected chi connectivity index (χ4v) is 3.08. The second-order valence-electron chi connectivity index (χ2n) is 7.28. The molecule has 1 aromatic heterocycles. The quantitative estimate of drug-likeness (QED) is 0.657. The number of benzene rings is 1. The van der Waals surface area contributed by atoms with Crippen LogP contribution in [-0.2, 0) is 16.1 Å². The van der Waals surface area contributed by atoms with E-state index in [9.17, 15) is 9.18 Å². The zero-order valence-electron chi connectivity index (χ0n) is 16.6. The standard InChI is InChI=1S/C21H26FN3O4/c1-14(25-15(2)26)10-27-18-8-17(9-18)12-29-21-19(22)20(23-13-24-21)28-11-16-6-4-3-5-7-16/h3-7,13-14,17-18H,8-12H2,1-2H3,(H,25,26)/t14-,17?,18?/m0/s1. The van der Waals surface area contributed by atoms with Crippen molar-refractivity contribution in [2.75, 3.05) is 13.2 Å². The van der Waals surface area contributed by atoms with E-state index in [0.29, 0.717) is 13.2 Å². The first-order chi connectivity index (χ1) is 14.0. The molecule has 0 radical (unpaired) electrons. The molecule has 156 valence electrons. The van der Waals surface area contributed by atoms with Gasteiger partial charge in [-0.15, -0.1) is 0 Å². The molecule has 1 aromatic carbocycles. The number of hydrogen-bond acceptors (Lipinski definition) is 6. The van der Waals surface area contributed by atoms with Crippen molar-refractivity contribution < 1.29 is 23.4 Å². The predicted octanol–water partition coefficient (Wildman–Crippen LogP) is 2.89. The molecule has 0 unspecified atom stereocenters. The number of nitrogens with zero attached hydrogens (tertiary/aromatic N) is 2. The molecule has 7 nitrogen and oxygen atoms in total. The SMILES string of the molecule is CC(=O)N[C@@H](C)COC1CC(COc2ncnc(OCc3ccccc3)c2F)C1. The van der Waals surface area contributed by atoms with Crippen LogP contribution in [0.2, 0.25) is 0 Å². The lowest BCUT2D eigenvalue weighted by Gasteiger charge is -2.35. The van der Waals surface area contributed by atoms with E-state index in [-0.39, 0.29) is 42.3 Å². The van der Waals surface area contributed by atoms with E-state index in [4.69, 9.17) is 14.2 Å². The Kier molecular flexibility index (Phi) is 7.35. The van der Waals surface area contributed by atoms with Crippen molar-refractivity contribution in [3.8, 4) is 11.8 Å². The summed E-state index contributed by atoms with van der Waals surface area (Å²) in [7, 11) is 0. The van der Waals surface area contributed by atoms with Crippen molar-refractivity contribution >= 4 is 5.91 Å². The number of halogens is 1. The van der Waals surface area contributed by atoms with Gasteiger partial charge < -0.3 is 19.5 Å². The van der Waals surface area contributed by atoms with E-state index in [1.807, 2.05) is 37.3 Å². The fraction of sp³-hybridized carbons (Fsp3) is 0.476. The molecule has 8 heteroatoms. The second-order valence-corrected chi connectivity index (χ2v) is 7.28. The normalized spacial score (nSPS) is 19.1. The summed E-state index contributed by atoms with van der Waals surface area (Å²) < 4.78 is 31.2. The Bertz CT molecular complexity index is 800. The van der Waals surface area contributed by atoms with E-state index in [1.165, 1.54) is 13.3 Å². The van der Waals surface area contributed by atoms with Crippen molar-refractivity contribution in [3.63, 3.8) is 0 Å². The highest BCUT2D eigenvalue weighted by Crippen LogP contribution is 2.31. The highest BCUT2D eigenvalue weighted by molar-refractivity contribution is 5.73. The molecule has 1 heterocycles. The third-order valence-corrected chi connectivity index (χ3v) is 4.62. The summed E-state index contributed by atoms with van der Waals surface area (Å²) in [5, 5.41) is 2.78. The summed E-state index contributed by atoms with van der Waals surface area (Å²) in [6.45, 7) is 4.42. The van der Waals surface area contributed by atoms with Crippen molar-refractivity contribution in [2.24, 2.45) is 5.92 Å². The summed E-state index contributed by atoms with van der Waals surface area (Å²) in [5.74, 6) is -0.717. The van der Waals surface area contributed by atoms with Crippen molar-refractivity contribution in [1.29, 1.82) is 0 Å². The summed E-state index contributed by atoms with van der Waals surface area (Å²) >= 11 is 0. The average Bonchev–Trinajstić information content (AvgIpc) is 2.66. The van der Waals surface area contributed by atoms with Crippen LogP contribution in [0.4, 0.5) is 4.39 Å². The van der Waals surface area contributed by atoms with Gasteiger partial charge >= 0.3 is 0 Å². The van der Waals surface area contributed by atoms with E-state index in [2.05, 4.69) is 15.3 Å². The third-order valence-electron chi connectivity index (χ3n) is 4.62. The minimum Gasteiger partial charge on any atom is -0.475 e. The van der Waals surface area contributed by atoms with Gasteiger partial charge in [0.2, 0.25) is 11.7 Å². The highest BCUT2D eigenvalue weighted by atomic mass is 19.1. The maximum atomic E-state index is 14.5. The third kappa shape index (κ3) is 6.39. The molecule has 0 spiro atoms. The molecule has 0 aliphatic heterocycles. The van der Waals surface area contributed by atoms with Gasteiger partial charge in [0.1, 0.15) is 12.9 Å². The Hall–Kier alpha value is -2.74. The first-order valence-electron chi connectivity index (χ1n) is 9.70. The van der Waals surface area contributed by atoms with Gasteiger partial charge in [0.05, 0.1) is 19.3 Å². The smallest absolute Gasteiger partial charge is 0.258 e. The van der Waals surface area contributed by atoms with Gasteiger partial charge in [0, 0.05) is 13.0 Å². The number of amides is 1. The fourth-order valence-electron chi connectivity index (χ4n) is 3.08. The summed E-state index contributed by atoms with van der Waals surface area (Å²) in [4.78, 5) is 18.7. The minimum atomic E-state index is -0.695. The Morgan fingerprint density at radius 2 is 1.90 bits per heavy atom. The topological polar surface area (TPSA) is 82.6 Å². The molecule has 1 amide bonds. The Labute approximate surface area is 169 Å². The summed E-state index contributed by atoms with van der Waals surface area (Å²) in [6.07, 6.45) is 3.03. The lowest BCUT2D eigenvalue weighted by molar-refractivity contribution is -0.120. The first kappa shape index (κ1) is 21.0. The van der Waals surface area contributed by atoms with Crippen LogP contribution >= 0.6 is 0 Å². The number of rotatable bonds is 10. The van der Waals surface area contributed by atoms with Gasteiger partial charge in [0.15, 0.2) is 0 Å². The molecule has 2 aromatic rings. The first-order valence-corrected chi connectivity index (χ1v) is 9.70. The Morgan fingerprint density at radius 3 is 2.59 bits per heavy atom. The lowest BCUT2D eigenvalue weighted by Crippen LogP contribution is -2.40. The van der Waals surface area contributed by atoms with Gasteiger partial charge in [-0.1, -0.05) is 30.3 Å². The number of carbonyl (C=O) groups is 1. The van der Waals surface area contributed by atoms with Gasteiger partial charge in [-0.2, -0.15) is 14.4 Å². The molecule has 0 bridgehead atoms. The van der Waals surface area contributed by atoms with Crippen LogP contribution in [0.5, 0.6) is 11.8 Å². The Morgan fingerprint density at radius 1 is 1.21 bits per heavy atom. The number of nitrogens with one attached hydrogen (secondary N) is 1. The van der Waals surface area contributed by atoms with E-state index < -0.39 is 5.82 Å². The molecule has 3 rings (SSSR count). The van der Waals surface area contributed by atoms with Crippen LogP contribution in [0, 0.1) is 11.7 Å². The maximum absolute atomic E-state index is 14.5. The molecule has 1 saturated carbocycles. The number of ether oxygens (including phenoxy) is 3. The molecule has 0 saturated heterocycles. The van der Waals surface area contributed by atoms with Crippen molar-refractivity contribution in [3.05, 3.63) is 48.0 Å². The zero-order valence-corrected chi connectivity index (χ0v) is 16.6. The molecule has 1 fully saturated rings. The van der Waals surface area contributed by atoms with E-state index in [0.717, 1.165) is 18.4 Å². The van der Waals surface area contributed by atoms with Crippen LogP contribution < -0.4 is 14.8 Å². The van der Waals surface area contributed by atoms with Crippen LogP contribution in [-0.4, -0.2) is 41.2 Å². The molecule has 1 aliphatic carbocycles. The molecule has 1 atom stereocenters. The van der Waals surface area contributed by atoms with Crippen molar-refractivity contribution in [1.82, 2.24) is 15.3 Å². The van der Waals surface area contributed by atoms with Crippen LogP contribution in [0.15, 0.2) is 36.7 Å². The van der Waals surface area contributed by atoms with Gasteiger partial charge in [-0.05, 0) is 31.2 Å². The molecular formula is C21H26FN3O4. The van der Waals surface area contributed by atoms with Crippen LogP contribution in [0.1, 0.15) is 32.3 Å². The molecular weight excluding hydrogens is 377 g/mol. The maximum Gasteiger partial charge on any atom is 0.258 e. The Balaban J connectivity index is 1.40. The second kappa shape index (κ2) is 10.2. The molecule has 1 N–H and O–H groups in total. The number of aromatic nitrogens is 2. The van der Waals surface area contributed by atoms with Gasteiger partial charge in [-0.3, -0.25) is 4.79 Å². The zero-order chi connectivity index (χ0) is 20.6. The molecule has 1 aliphatic rings. The van der Waals surface area contributed by atoms with Gasteiger partial charge in [0.25, 0.3) is 11.8 Å². The minimum absolute atomic E-state index is 0.0211. The number of carbonyl (C=O) groups excluding carboxylic acids is 1. The monoisotopic (exact) mass is 403 g/mol. The van der Waals surface area contributed by atoms with E-state index in [1.54, 1.807) is 0 Å². The predicted molar refractivity (Wildman–Crippen MR) is 104 cm³/mol. The highest BCUT2D eigenvalue weighted by Gasteiger charge is 2.31. The number of hydrogen-bond donors (Lipinski definition) is 1. The van der Waals surface area contributed by atoms with Crippen LogP contribution in [0.3, 0.4) is 0 Å². The summed E-state index contributed by atoms with van der Waals surface area (Å²) in [5.41, 5.74) is 0.918. The average molecular weight is 403 g/mol. The van der Waals surface area contributed by atoms with E-state index >= 15 is 0 Å². The van der Waals surface area contributed by atoms with Gasteiger partial charge in [-0.25, -0.2) is 0 Å². The van der Waals surface area contributed by atoms with Crippen molar-refractivity contribution in [2.45, 2.75) is 45.4 Å². The lowest BCUT2D eigenvalue weighted by atomic mass is 9.83.